The number of methoxy groups -OCH3 is 1. The number of alkyl halides is 7. The smallest absolute Gasteiger partial charge is 0.423 e. The fraction of sp³-hybridized carbons (Fsp3) is 0.381. The summed E-state index contributed by atoms with van der Waals surface area (Å²) in [7, 11) is 1.13. The molecule has 39 heavy (non-hydrogen) atoms. The van der Waals surface area contributed by atoms with Crippen LogP contribution in [0.5, 0.6) is 5.88 Å². The molecule has 3 atom stereocenters. The van der Waals surface area contributed by atoms with E-state index in [9.17, 15) is 40.3 Å². The number of carbonyl (C=O) groups is 2. The molecule has 1 aliphatic heterocycles. The van der Waals surface area contributed by atoms with Gasteiger partial charge in [-0.15, -0.1) is 0 Å². The SMILES string of the molecule is COc1ncc(-c2cc(C(F)(F)F)c3c(N)ncnn23)cc1C(=O)N[C@@H]1CN(C(=O)[C@H](O)C(F)(F)F)C[C@@H]1F. The Morgan fingerprint density at radius 1 is 1.18 bits per heavy atom. The van der Waals surface area contributed by atoms with Crippen molar-refractivity contribution in [3.63, 3.8) is 0 Å². The fourth-order valence-corrected chi connectivity index (χ4v) is 4.05. The predicted molar refractivity (Wildman–Crippen MR) is 117 cm³/mol. The van der Waals surface area contributed by atoms with Crippen LogP contribution in [0.4, 0.5) is 36.6 Å². The fourth-order valence-electron chi connectivity index (χ4n) is 4.05. The molecule has 4 N–H and O–H groups in total. The van der Waals surface area contributed by atoms with Gasteiger partial charge in [-0.25, -0.2) is 18.9 Å². The highest BCUT2D eigenvalue weighted by Crippen LogP contribution is 2.39. The van der Waals surface area contributed by atoms with Crippen LogP contribution in [0.15, 0.2) is 24.7 Å². The van der Waals surface area contributed by atoms with Crippen LogP contribution in [-0.2, 0) is 11.0 Å². The van der Waals surface area contributed by atoms with Crippen LogP contribution in [0, 0.1) is 0 Å². The molecule has 210 valence electrons. The number of likely N-dealkylation sites (tertiary alicyclic amines) is 1. The summed E-state index contributed by atoms with van der Waals surface area (Å²) in [6.45, 7) is -1.52. The van der Waals surface area contributed by atoms with E-state index in [0.29, 0.717) is 4.90 Å². The number of fused-ring (bicyclic) bond motifs is 1. The van der Waals surface area contributed by atoms with E-state index in [1.807, 2.05) is 0 Å². The summed E-state index contributed by atoms with van der Waals surface area (Å²) in [5, 5.41) is 15.2. The van der Waals surface area contributed by atoms with Crippen molar-refractivity contribution in [2.75, 3.05) is 25.9 Å². The molecule has 4 heterocycles. The van der Waals surface area contributed by atoms with Gasteiger partial charge in [0.2, 0.25) is 12.0 Å². The second kappa shape index (κ2) is 9.83. The average molecular weight is 565 g/mol. The minimum Gasteiger partial charge on any atom is -0.480 e. The molecule has 1 fully saturated rings. The summed E-state index contributed by atoms with van der Waals surface area (Å²) in [4.78, 5) is 32.8. The lowest BCUT2D eigenvalue weighted by Gasteiger charge is -2.21. The number of anilines is 1. The van der Waals surface area contributed by atoms with E-state index in [2.05, 4.69) is 20.4 Å². The highest BCUT2D eigenvalue weighted by molar-refractivity contribution is 5.98. The number of ether oxygens (including phenoxy) is 1. The number of hydrogen-bond acceptors (Lipinski definition) is 8. The third-order valence-electron chi connectivity index (χ3n) is 5.89. The number of hydrogen-bond donors (Lipinski definition) is 3. The lowest BCUT2D eigenvalue weighted by atomic mass is 10.1. The summed E-state index contributed by atoms with van der Waals surface area (Å²) in [6, 6.07) is 0.323. The molecule has 1 aliphatic rings. The van der Waals surface area contributed by atoms with Gasteiger partial charge in [-0.3, -0.25) is 9.59 Å². The molecule has 4 rings (SSSR count). The first-order valence-electron chi connectivity index (χ1n) is 10.9. The van der Waals surface area contributed by atoms with Gasteiger partial charge in [-0.05, 0) is 12.1 Å². The third-order valence-corrected chi connectivity index (χ3v) is 5.89. The number of rotatable bonds is 5. The summed E-state index contributed by atoms with van der Waals surface area (Å²) >= 11 is 0. The first-order valence-corrected chi connectivity index (χ1v) is 10.9. The quantitative estimate of drug-likeness (QED) is 0.396. The van der Waals surface area contributed by atoms with Crippen LogP contribution in [0.2, 0.25) is 0 Å². The van der Waals surface area contributed by atoms with E-state index in [4.69, 9.17) is 15.6 Å². The third kappa shape index (κ3) is 5.23. The molecule has 0 aliphatic carbocycles. The first kappa shape index (κ1) is 27.8. The largest absolute Gasteiger partial charge is 0.480 e. The summed E-state index contributed by atoms with van der Waals surface area (Å²) in [5.41, 5.74) is 3.33. The Labute approximate surface area is 213 Å². The van der Waals surface area contributed by atoms with Crippen LogP contribution < -0.4 is 15.8 Å². The van der Waals surface area contributed by atoms with Gasteiger partial charge < -0.3 is 25.8 Å². The summed E-state index contributed by atoms with van der Waals surface area (Å²) in [5.74, 6) is -3.61. The molecule has 18 heteroatoms. The van der Waals surface area contributed by atoms with Crippen LogP contribution in [-0.4, -0.2) is 86.1 Å². The van der Waals surface area contributed by atoms with Gasteiger partial charge in [0, 0.05) is 18.3 Å². The normalized spacial score (nSPS) is 18.8. The molecule has 0 aromatic carbocycles. The van der Waals surface area contributed by atoms with Crippen molar-refractivity contribution in [3.05, 3.63) is 35.8 Å². The van der Waals surface area contributed by atoms with Gasteiger partial charge in [-0.2, -0.15) is 31.4 Å². The number of halogens is 7. The monoisotopic (exact) mass is 565 g/mol. The van der Waals surface area contributed by atoms with Crippen molar-refractivity contribution in [2.45, 2.75) is 30.7 Å². The number of nitrogens with zero attached hydrogens (tertiary/aromatic N) is 5. The molecule has 2 amide bonds. The second-order valence-electron chi connectivity index (χ2n) is 8.41. The van der Waals surface area contributed by atoms with Gasteiger partial charge >= 0.3 is 12.4 Å². The van der Waals surface area contributed by atoms with E-state index in [1.54, 1.807) is 0 Å². The Hall–Kier alpha value is -4.22. The Morgan fingerprint density at radius 2 is 1.87 bits per heavy atom. The number of nitrogen functional groups attached to an aromatic ring is 1. The number of nitrogens with one attached hydrogen (secondary N) is 1. The van der Waals surface area contributed by atoms with Crippen molar-refractivity contribution in [2.24, 2.45) is 0 Å². The number of aliphatic hydroxyl groups is 1. The van der Waals surface area contributed by atoms with Crippen molar-refractivity contribution in [3.8, 4) is 17.1 Å². The molecule has 0 radical (unpaired) electrons. The highest BCUT2D eigenvalue weighted by Gasteiger charge is 2.48. The lowest BCUT2D eigenvalue weighted by molar-refractivity contribution is -0.210. The number of aliphatic hydroxyl groups excluding tert-OH is 1. The van der Waals surface area contributed by atoms with Crippen molar-refractivity contribution >= 4 is 23.1 Å². The molecule has 11 nitrogen and oxygen atoms in total. The van der Waals surface area contributed by atoms with Crippen LogP contribution in [0.3, 0.4) is 0 Å². The number of amides is 2. The second-order valence-corrected chi connectivity index (χ2v) is 8.41. The number of nitrogens with two attached hydrogens (primary N) is 1. The highest BCUT2D eigenvalue weighted by atomic mass is 19.4. The maximum Gasteiger partial charge on any atom is 0.423 e. The predicted octanol–water partition coefficient (Wildman–Crippen LogP) is 1.60. The molecule has 1 saturated heterocycles. The van der Waals surface area contributed by atoms with Crippen molar-refractivity contribution in [1.29, 1.82) is 0 Å². The molecule has 0 saturated carbocycles. The van der Waals surface area contributed by atoms with Crippen LogP contribution >= 0.6 is 0 Å². The molecular weight excluding hydrogens is 547 g/mol. The van der Waals surface area contributed by atoms with Gasteiger partial charge in [0.05, 0.1) is 31.0 Å². The molecule has 3 aromatic heterocycles. The van der Waals surface area contributed by atoms with Gasteiger partial charge in [-0.1, -0.05) is 0 Å². The number of carbonyl (C=O) groups excluding carboxylic acids is 2. The van der Waals surface area contributed by atoms with Crippen molar-refractivity contribution in [1.82, 2.24) is 29.8 Å². The Balaban J connectivity index is 1.65. The van der Waals surface area contributed by atoms with Gasteiger partial charge in [0.15, 0.2) is 5.82 Å². The standard InChI is InChI=1S/C21H18F7N7O4/c1-39-18-9(17(37)33-12-6-34(5-11(12)22)19(38)15(36)21(26,27)28)2-8(4-30-18)13-3-10(20(23,24)25)14-16(29)31-7-32-35(13)14/h2-4,7,11-12,15,36H,5-6H2,1H3,(H,33,37)(H2,29,31,32)/t11-,12+,15-/m0/s1. The summed E-state index contributed by atoms with van der Waals surface area (Å²) in [6.07, 6.45) is -13.5. The van der Waals surface area contributed by atoms with Crippen molar-refractivity contribution < 1.29 is 50.2 Å². The van der Waals surface area contributed by atoms with E-state index in [1.165, 1.54) is 0 Å². The average Bonchev–Trinajstić information content (AvgIpc) is 3.44. The lowest BCUT2D eigenvalue weighted by Crippen LogP contribution is -2.47. The molecule has 3 aromatic rings. The maximum atomic E-state index is 14.5. The number of aromatic nitrogens is 4. The molecule has 0 bridgehead atoms. The van der Waals surface area contributed by atoms with E-state index >= 15 is 0 Å². The molecule has 0 spiro atoms. The zero-order chi connectivity index (χ0) is 28.9. The maximum absolute atomic E-state index is 14.5. The summed E-state index contributed by atoms with van der Waals surface area (Å²) < 4.78 is 99.4. The Bertz CT molecular complexity index is 1430. The van der Waals surface area contributed by atoms with Gasteiger partial charge in [0.1, 0.15) is 23.6 Å². The van der Waals surface area contributed by atoms with Gasteiger partial charge in [0.25, 0.3) is 11.8 Å². The van der Waals surface area contributed by atoms with E-state index < -0.39 is 72.5 Å². The minimum atomic E-state index is -5.27. The van der Waals surface area contributed by atoms with E-state index in [0.717, 1.165) is 36.3 Å². The first-order chi connectivity index (χ1) is 18.1. The topological polar surface area (TPSA) is 148 Å². The molecule has 0 unspecified atom stereocenters. The number of pyridine rings is 1. The zero-order valence-electron chi connectivity index (χ0n) is 19.6. The van der Waals surface area contributed by atoms with Crippen LogP contribution in [0.25, 0.3) is 16.8 Å². The van der Waals surface area contributed by atoms with Crippen LogP contribution in [0.1, 0.15) is 15.9 Å². The Morgan fingerprint density at radius 3 is 2.49 bits per heavy atom. The molecular formula is C21H18F7N7O4. The van der Waals surface area contributed by atoms with E-state index in [-0.39, 0.29) is 22.7 Å². The minimum absolute atomic E-state index is 0.0575. The zero-order valence-corrected chi connectivity index (χ0v) is 19.6. The Kier molecular flexibility index (Phi) is 7.01.